The van der Waals surface area contributed by atoms with Crippen molar-refractivity contribution in [3.63, 3.8) is 0 Å². The smallest absolute Gasteiger partial charge is 0.336 e. The van der Waals surface area contributed by atoms with Gasteiger partial charge in [-0.05, 0) is 38.5 Å². The Morgan fingerprint density at radius 1 is 1.12 bits per heavy atom. The molecule has 0 aliphatic carbocycles. The van der Waals surface area contributed by atoms with Gasteiger partial charge in [-0.2, -0.15) is 0 Å². The maximum absolute atomic E-state index is 11.0. The van der Waals surface area contributed by atoms with Gasteiger partial charge in [0.05, 0.1) is 17.2 Å². The van der Waals surface area contributed by atoms with Gasteiger partial charge in [-0.1, -0.05) is 0 Å². The molecular weight excluding hydrogens is 224 g/mol. The van der Waals surface area contributed by atoms with Gasteiger partial charge in [0.15, 0.2) is 0 Å². The molecule has 0 radical (unpaired) electrons. The Labute approximate surface area is 98.6 Å². The van der Waals surface area contributed by atoms with Crippen LogP contribution in [-0.2, 0) is 0 Å². The van der Waals surface area contributed by atoms with E-state index in [4.69, 9.17) is 14.9 Å². The highest BCUT2D eigenvalue weighted by Gasteiger charge is 2.17. The second-order valence-corrected chi connectivity index (χ2v) is 3.92. The van der Waals surface area contributed by atoms with Crippen molar-refractivity contribution in [3.05, 3.63) is 28.8 Å². The molecule has 1 rings (SSSR count). The predicted octanol–water partition coefficient (Wildman–Crippen LogP) is 2.18. The molecule has 0 atom stereocenters. The van der Waals surface area contributed by atoms with Gasteiger partial charge in [0, 0.05) is 0 Å². The SMILES string of the molecule is Cc1c(C(=O)O)cc(OC(C)C)cc1C(=O)O. The molecule has 0 fully saturated rings. The highest BCUT2D eigenvalue weighted by atomic mass is 16.5. The fourth-order valence-corrected chi connectivity index (χ4v) is 1.47. The number of rotatable bonds is 4. The Hall–Kier alpha value is -2.04. The van der Waals surface area contributed by atoms with E-state index in [0.29, 0.717) is 0 Å². The summed E-state index contributed by atoms with van der Waals surface area (Å²) in [6, 6.07) is 2.67. The lowest BCUT2D eigenvalue weighted by Gasteiger charge is -2.13. The van der Waals surface area contributed by atoms with E-state index in [1.807, 2.05) is 0 Å². The maximum atomic E-state index is 11.0. The summed E-state index contributed by atoms with van der Waals surface area (Å²) in [5, 5.41) is 18.0. The minimum Gasteiger partial charge on any atom is -0.491 e. The zero-order valence-corrected chi connectivity index (χ0v) is 9.85. The van der Waals surface area contributed by atoms with Crippen molar-refractivity contribution >= 4 is 11.9 Å². The lowest BCUT2D eigenvalue weighted by molar-refractivity contribution is 0.0694. The van der Waals surface area contributed by atoms with Crippen molar-refractivity contribution in [2.45, 2.75) is 26.9 Å². The second-order valence-electron chi connectivity index (χ2n) is 3.92. The molecule has 17 heavy (non-hydrogen) atoms. The van der Waals surface area contributed by atoms with Crippen LogP contribution in [0.3, 0.4) is 0 Å². The van der Waals surface area contributed by atoms with Crippen molar-refractivity contribution in [1.82, 2.24) is 0 Å². The Kier molecular flexibility index (Phi) is 3.73. The van der Waals surface area contributed by atoms with Crippen molar-refractivity contribution in [2.75, 3.05) is 0 Å². The van der Waals surface area contributed by atoms with Crippen LogP contribution in [0.15, 0.2) is 12.1 Å². The molecule has 92 valence electrons. The Morgan fingerprint density at radius 2 is 1.53 bits per heavy atom. The number of ether oxygens (including phenoxy) is 1. The fourth-order valence-electron chi connectivity index (χ4n) is 1.47. The number of carbonyl (C=O) groups is 2. The molecule has 0 aliphatic rings. The van der Waals surface area contributed by atoms with Crippen molar-refractivity contribution in [3.8, 4) is 5.75 Å². The van der Waals surface area contributed by atoms with Crippen LogP contribution in [0.5, 0.6) is 5.75 Å². The second kappa shape index (κ2) is 4.86. The molecule has 0 saturated heterocycles. The number of benzene rings is 1. The molecular formula is C12H14O5. The van der Waals surface area contributed by atoms with E-state index in [-0.39, 0.29) is 28.5 Å². The number of carboxylic acids is 2. The van der Waals surface area contributed by atoms with Crippen LogP contribution in [0, 0.1) is 6.92 Å². The topological polar surface area (TPSA) is 83.8 Å². The predicted molar refractivity (Wildman–Crippen MR) is 60.9 cm³/mol. The Morgan fingerprint density at radius 3 is 1.82 bits per heavy atom. The zero-order chi connectivity index (χ0) is 13.2. The van der Waals surface area contributed by atoms with Crippen LogP contribution in [-0.4, -0.2) is 28.3 Å². The van der Waals surface area contributed by atoms with Crippen LogP contribution >= 0.6 is 0 Å². The lowest BCUT2D eigenvalue weighted by Crippen LogP contribution is -2.11. The first kappa shape index (κ1) is 13.0. The summed E-state index contributed by atoms with van der Waals surface area (Å²) >= 11 is 0. The van der Waals surface area contributed by atoms with Gasteiger partial charge in [0.1, 0.15) is 5.75 Å². The maximum Gasteiger partial charge on any atom is 0.336 e. The van der Waals surface area contributed by atoms with Crippen LogP contribution in [0.4, 0.5) is 0 Å². The van der Waals surface area contributed by atoms with Crippen molar-refractivity contribution in [1.29, 1.82) is 0 Å². The monoisotopic (exact) mass is 238 g/mol. The average Bonchev–Trinajstić information content (AvgIpc) is 2.18. The number of hydrogen-bond acceptors (Lipinski definition) is 3. The summed E-state index contributed by atoms with van der Waals surface area (Å²) in [7, 11) is 0. The van der Waals surface area contributed by atoms with E-state index < -0.39 is 11.9 Å². The Balaban J connectivity index is 3.36. The highest BCUT2D eigenvalue weighted by Crippen LogP contribution is 2.23. The molecule has 2 N–H and O–H groups in total. The molecule has 0 aliphatic heterocycles. The summed E-state index contributed by atoms with van der Waals surface area (Å²) in [6.07, 6.45) is -0.152. The van der Waals surface area contributed by atoms with E-state index in [0.717, 1.165) is 0 Å². The standard InChI is InChI=1S/C12H14O5/c1-6(2)17-8-4-9(11(13)14)7(3)10(5-8)12(15)16/h4-6H,1-3H3,(H,13,14)(H,15,16). The molecule has 0 unspecified atom stereocenters. The van der Waals surface area contributed by atoms with Gasteiger partial charge in [-0.25, -0.2) is 9.59 Å². The normalized spacial score (nSPS) is 10.4. The average molecular weight is 238 g/mol. The lowest BCUT2D eigenvalue weighted by atomic mass is 10.0. The van der Waals surface area contributed by atoms with E-state index >= 15 is 0 Å². The number of aromatic carboxylic acids is 2. The molecule has 1 aromatic rings. The largest absolute Gasteiger partial charge is 0.491 e. The third-order valence-corrected chi connectivity index (χ3v) is 2.21. The molecule has 5 heteroatoms. The van der Waals surface area contributed by atoms with Gasteiger partial charge >= 0.3 is 11.9 Å². The molecule has 0 heterocycles. The molecule has 0 bridgehead atoms. The minimum absolute atomic E-state index is 0.0550. The first-order valence-electron chi connectivity index (χ1n) is 5.10. The number of carboxylic acid groups (broad SMARTS) is 2. The molecule has 0 spiro atoms. The highest BCUT2D eigenvalue weighted by molar-refractivity contribution is 5.97. The molecule has 5 nitrogen and oxygen atoms in total. The van der Waals surface area contributed by atoms with E-state index in [1.54, 1.807) is 13.8 Å². The number of hydrogen-bond donors (Lipinski definition) is 2. The fraction of sp³-hybridized carbons (Fsp3) is 0.333. The van der Waals surface area contributed by atoms with Crippen molar-refractivity contribution < 1.29 is 24.5 Å². The summed E-state index contributed by atoms with van der Waals surface area (Å²) < 4.78 is 5.32. The third kappa shape index (κ3) is 2.96. The Bertz CT molecular complexity index is 427. The van der Waals surface area contributed by atoms with Crippen LogP contribution in [0.25, 0.3) is 0 Å². The summed E-state index contributed by atoms with van der Waals surface area (Å²) in [6.45, 7) is 5.02. The van der Waals surface area contributed by atoms with Gasteiger partial charge in [-0.15, -0.1) is 0 Å². The summed E-state index contributed by atoms with van der Waals surface area (Å²) in [5.41, 5.74) is 0.113. The van der Waals surface area contributed by atoms with Gasteiger partial charge in [-0.3, -0.25) is 0 Å². The molecule has 0 aromatic heterocycles. The first-order valence-corrected chi connectivity index (χ1v) is 5.10. The van der Waals surface area contributed by atoms with E-state index in [1.165, 1.54) is 19.1 Å². The van der Waals surface area contributed by atoms with E-state index in [2.05, 4.69) is 0 Å². The first-order chi connectivity index (χ1) is 7.82. The van der Waals surface area contributed by atoms with Gasteiger partial charge in [0.2, 0.25) is 0 Å². The van der Waals surface area contributed by atoms with Gasteiger partial charge < -0.3 is 14.9 Å². The summed E-state index contributed by atoms with van der Waals surface area (Å²) in [5.74, 6) is -2.08. The minimum atomic E-state index is -1.17. The van der Waals surface area contributed by atoms with Crippen molar-refractivity contribution in [2.24, 2.45) is 0 Å². The quantitative estimate of drug-likeness (QED) is 0.839. The molecule has 0 amide bonds. The third-order valence-electron chi connectivity index (χ3n) is 2.21. The van der Waals surface area contributed by atoms with Crippen LogP contribution < -0.4 is 4.74 Å². The van der Waals surface area contributed by atoms with Crippen LogP contribution in [0.2, 0.25) is 0 Å². The van der Waals surface area contributed by atoms with E-state index in [9.17, 15) is 9.59 Å². The van der Waals surface area contributed by atoms with Crippen LogP contribution in [0.1, 0.15) is 40.1 Å². The summed E-state index contributed by atoms with van der Waals surface area (Å²) in [4.78, 5) is 22.0. The van der Waals surface area contributed by atoms with Gasteiger partial charge in [0.25, 0.3) is 0 Å². The molecule has 0 saturated carbocycles. The molecule has 1 aromatic carbocycles. The zero-order valence-electron chi connectivity index (χ0n) is 9.85.